The van der Waals surface area contributed by atoms with Gasteiger partial charge in [-0.15, -0.1) is 0 Å². The molecule has 0 spiro atoms. The van der Waals surface area contributed by atoms with Gasteiger partial charge < -0.3 is 4.74 Å². The van der Waals surface area contributed by atoms with E-state index in [4.69, 9.17) is 0 Å². The summed E-state index contributed by atoms with van der Waals surface area (Å²) in [7, 11) is 1.46. The Labute approximate surface area is 157 Å². The van der Waals surface area contributed by atoms with Crippen LogP contribution in [-0.2, 0) is 9.53 Å². The molecule has 0 aromatic carbocycles. The molecular weight excluding hydrogens is 308 g/mol. The molecule has 0 amide bonds. The number of ether oxygens (including phenoxy) is 1. The molecule has 0 heterocycles. The van der Waals surface area contributed by atoms with Crippen molar-refractivity contribution in [3.05, 3.63) is 24.3 Å². The summed E-state index contributed by atoms with van der Waals surface area (Å²) in [5.74, 6) is 0.854. The number of esters is 1. The SMILES string of the molecule is CCC(CC)CCCC=CCCC=CCCCCCCCC(=O)OC. The molecule has 0 rings (SSSR count). The summed E-state index contributed by atoms with van der Waals surface area (Å²) in [5.41, 5.74) is 0. The molecule has 2 heteroatoms. The van der Waals surface area contributed by atoms with Crippen LogP contribution in [0.4, 0.5) is 0 Å². The molecule has 0 aliphatic rings. The van der Waals surface area contributed by atoms with E-state index in [0.717, 1.165) is 18.8 Å². The topological polar surface area (TPSA) is 26.3 Å². The Morgan fingerprint density at radius 3 is 1.88 bits per heavy atom. The second-order valence-corrected chi connectivity index (χ2v) is 7.02. The van der Waals surface area contributed by atoms with Crippen molar-refractivity contribution in [2.75, 3.05) is 7.11 Å². The summed E-state index contributed by atoms with van der Waals surface area (Å²) in [4.78, 5) is 11.0. The first kappa shape index (κ1) is 23.9. The molecule has 25 heavy (non-hydrogen) atoms. The van der Waals surface area contributed by atoms with Gasteiger partial charge >= 0.3 is 5.97 Å². The minimum atomic E-state index is -0.0805. The van der Waals surface area contributed by atoms with Crippen LogP contribution in [-0.4, -0.2) is 13.1 Å². The lowest BCUT2D eigenvalue weighted by Crippen LogP contribution is -1.98. The van der Waals surface area contributed by atoms with Gasteiger partial charge in [-0.05, 0) is 50.9 Å². The van der Waals surface area contributed by atoms with E-state index in [1.165, 1.54) is 77.7 Å². The van der Waals surface area contributed by atoms with Crippen LogP contribution in [0.1, 0.15) is 104 Å². The Hall–Kier alpha value is -1.05. The van der Waals surface area contributed by atoms with Gasteiger partial charge in [0.25, 0.3) is 0 Å². The molecule has 0 aliphatic carbocycles. The highest BCUT2D eigenvalue weighted by atomic mass is 16.5. The zero-order valence-electron chi connectivity index (χ0n) is 17.1. The van der Waals surface area contributed by atoms with E-state index in [0.29, 0.717) is 6.42 Å². The van der Waals surface area contributed by atoms with E-state index >= 15 is 0 Å². The largest absolute Gasteiger partial charge is 0.469 e. The zero-order chi connectivity index (χ0) is 18.6. The number of allylic oxidation sites excluding steroid dienone is 4. The molecule has 146 valence electrons. The molecule has 0 unspecified atom stereocenters. The van der Waals surface area contributed by atoms with Gasteiger partial charge in [0, 0.05) is 6.42 Å². The number of unbranched alkanes of at least 4 members (excludes halogenated alkanes) is 7. The molecule has 0 saturated heterocycles. The molecule has 0 N–H and O–H groups in total. The average Bonchev–Trinajstić information content (AvgIpc) is 2.64. The van der Waals surface area contributed by atoms with E-state index in [9.17, 15) is 4.79 Å². The van der Waals surface area contributed by atoms with Crippen LogP contribution < -0.4 is 0 Å². The maximum atomic E-state index is 11.0. The molecule has 0 fully saturated rings. The zero-order valence-corrected chi connectivity index (χ0v) is 17.1. The van der Waals surface area contributed by atoms with Crippen molar-refractivity contribution in [1.29, 1.82) is 0 Å². The van der Waals surface area contributed by atoms with Gasteiger partial charge in [0.15, 0.2) is 0 Å². The lowest BCUT2D eigenvalue weighted by atomic mass is 9.97. The highest BCUT2D eigenvalue weighted by Gasteiger charge is 2.01. The second kappa shape index (κ2) is 19.3. The average molecular weight is 351 g/mol. The highest BCUT2D eigenvalue weighted by Crippen LogP contribution is 2.16. The van der Waals surface area contributed by atoms with Crippen LogP contribution in [0.5, 0.6) is 0 Å². The third-order valence-corrected chi connectivity index (χ3v) is 4.95. The number of carbonyl (C=O) groups excluding carboxylic acids is 1. The fourth-order valence-corrected chi connectivity index (χ4v) is 3.05. The van der Waals surface area contributed by atoms with Crippen LogP contribution in [0, 0.1) is 5.92 Å². The number of hydrogen-bond acceptors (Lipinski definition) is 2. The van der Waals surface area contributed by atoms with Crippen molar-refractivity contribution in [3.63, 3.8) is 0 Å². The van der Waals surface area contributed by atoms with E-state index in [-0.39, 0.29) is 5.97 Å². The minimum absolute atomic E-state index is 0.0805. The first-order valence-electron chi connectivity index (χ1n) is 10.6. The quantitative estimate of drug-likeness (QED) is 0.155. The van der Waals surface area contributed by atoms with Crippen LogP contribution in [0.3, 0.4) is 0 Å². The molecule has 2 nitrogen and oxygen atoms in total. The fourth-order valence-electron chi connectivity index (χ4n) is 3.05. The maximum Gasteiger partial charge on any atom is 0.305 e. The molecule has 0 saturated carbocycles. The maximum absolute atomic E-state index is 11.0. The minimum Gasteiger partial charge on any atom is -0.469 e. The normalized spacial score (nSPS) is 11.8. The molecule has 0 aromatic rings. The van der Waals surface area contributed by atoms with Crippen molar-refractivity contribution in [2.24, 2.45) is 5.92 Å². The summed E-state index contributed by atoms with van der Waals surface area (Å²) in [6.07, 6.45) is 26.0. The van der Waals surface area contributed by atoms with Gasteiger partial charge in [0.05, 0.1) is 7.11 Å². The number of rotatable bonds is 17. The van der Waals surface area contributed by atoms with E-state index < -0.39 is 0 Å². The molecule has 0 atom stereocenters. The summed E-state index contributed by atoms with van der Waals surface area (Å²) < 4.78 is 4.64. The van der Waals surface area contributed by atoms with Gasteiger partial charge in [0.2, 0.25) is 0 Å². The van der Waals surface area contributed by atoms with Gasteiger partial charge in [0.1, 0.15) is 0 Å². The van der Waals surface area contributed by atoms with Crippen LogP contribution in [0.25, 0.3) is 0 Å². The Morgan fingerprint density at radius 1 is 0.760 bits per heavy atom. The van der Waals surface area contributed by atoms with Crippen molar-refractivity contribution < 1.29 is 9.53 Å². The van der Waals surface area contributed by atoms with Crippen LogP contribution in [0.2, 0.25) is 0 Å². The summed E-state index contributed by atoms with van der Waals surface area (Å²) in [6.45, 7) is 4.61. The molecular formula is C23H42O2. The molecule has 0 aromatic heterocycles. The standard InChI is InChI=1S/C23H42O2/c1-4-22(5-2)20-18-16-14-12-10-8-6-7-9-11-13-15-17-19-21-23(24)25-3/h6-7,12,14,22H,4-5,8-11,13,15-21H2,1-3H3. The van der Waals surface area contributed by atoms with Gasteiger partial charge in [-0.1, -0.05) is 76.7 Å². The first-order chi connectivity index (χ1) is 12.2. The van der Waals surface area contributed by atoms with Gasteiger partial charge in [-0.25, -0.2) is 0 Å². The molecule has 0 bridgehead atoms. The first-order valence-corrected chi connectivity index (χ1v) is 10.6. The lowest BCUT2D eigenvalue weighted by molar-refractivity contribution is -0.140. The molecule has 0 aliphatic heterocycles. The van der Waals surface area contributed by atoms with Crippen molar-refractivity contribution >= 4 is 5.97 Å². The summed E-state index contributed by atoms with van der Waals surface area (Å²) >= 11 is 0. The van der Waals surface area contributed by atoms with Crippen molar-refractivity contribution in [1.82, 2.24) is 0 Å². The smallest absolute Gasteiger partial charge is 0.305 e. The van der Waals surface area contributed by atoms with Crippen molar-refractivity contribution in [2.45, 2.75) is 104 Å². The van der Waals surface area contributed by atoms with Gasteiger partial charge in [-0.2, -0.15) is 0 Å². The van der Waals surface area contributed by atoms with E-state index in [1.54, 1.807) is 0 Å². The fraction of sp³-hybridized carbons (Fsp3) is 0.783. The number of carbonyl (C=O) groups is 1. The summed E-state index contributed by atoms with van der Waals surface area (Å²) in [6, 6.07) is 0. The Bertz CT molecular complexity index is 340. The number of hydrogen-bond donors (Lipinski definition) is 0. The Morgan fingerprint density at radius 2 is 1.28 bits per heavy atom. The third-order valence-electron chi connectivity index (χ3n) is 4.95. The third kappa shape index (κ3) is 17.6. The van der Waals surface area contributed by atoms with Crippen LogP contribution >= 0.6 is 0 Å². The van der Waals surface area contributed by atoms with Crippen LogP contribution in [0.15, 0.2) is 24.3 Å². The molecule has 0 radical (unpaired) electrons. The number of methoxy groups -OCH3 is 1. The second-order valence-electron chi connectivity index (χ2n) is 7.02. The lowest BCUT2D eigenvalue weighted by Gasteiger charge is -2.10. The van der Waals surface area contributed by atoms with Gasteiger partial charge in [-0.3, -0.25) is 4.79 Å². The van der Waals surface area contributed by atoms with E-state index in [1.807, 2.05) is 0 Å². The monoisotopic (exact) mass is 350 g/mol. The van der Waals surface area contributed by atoms with Crippen molar-refractivity contribution in [3.8, 4) is 0 Å². The summed E-state index contributed by atoms with van der Waals surface area (Å²) in [5, 5.41) is 0. The Balaban J connectivity index is 3.30. The van der Waals surface area contributed by atoms with E-state index in [2.05, 4.69) is 42.9 Å². The predicted molar refractivity (Wildman–Crippen MR) is 110 cm³/mol. The highest BCUT2D eigenvalue weighted by molar-refractivity contribution is 5.68. The Kier molecular flexibility index (Phi) is 18.5. The predicted octanol–water partition coefficient (Wildman–Crippen LogP) is 7.39.